The Morgan fingerprint density at radius 1 is 1.25 bits per heavy atom. The molecule has 0 saturated carbocycles. The second-order valence-corrected chi connectivity index (χ2v) is 5.11. The molecule has 2 aromatic rings. The van der Waals surface area contributed by atoms with E-state index >= 15 is 0 Å². The number of rotatable bonds is 5. The molecule has 0 aliphatic heterocycles. The zero-order valence-corrected chi connectivity index (χ0v) is 11.9. The van der Waals surface area contributed by atoms with E-state index < -0.39 is 0 Å². The zero-order valence-electron chi connectivity index (χ0n) is 11.9. The van der Waals surface area contributed by atoms with Crippen LogP contribution < -0.4 is 5.32 Å². The normalized spacial score (nSPS) is 12.4. The molecule has 0 aliphatic rings. The Bertz CT molecular complexity index is 564. The highest BCUT2D eigenvalue weighted by molar-refractivity contribution is 5.75. The third-order valence-electron chi connectivity index (χ3n) is 3.16. The van der Waals surface area contributed by atoms with Gasteiger partial charge < -0.3 is 5.32 Å². The molecule has 0 fully saturated rings. The van der Waals surface area contributed by atoms with E-state index in [-0.39, 0.29) is 18.5 Å². The van der Waals surface area contributed by atoms with Gasteiger partial charge >= 0.3 is 0 Å². The number of hydrogen-bond donors (Lipinski definition) is 1. The monoisotopic (exact) mass is 273 g/mol. The Balaban J connectivity index is 1.98. The van der Waals surface area contributed by atoms with Crippen LogP contribution in [0.3, 0.4) is 0 Å². The summed E-state index contributed by atoms with van der Waals surface area (Å²) in [6.07, 6.45) is 0. The topological polar surface area (TPSA) is 72.7 Å². The summed E-state index contributed by atoms with van der Waals surface area (Å²) in [5, 5.41) is 15.0. The molecule has 1 amide bonds. The van der Waals surface area contributed by atoms with Gasteiger partial charge in [-0.2, -0.15) is 4.80 Å². The fraction of sp³-hybridized carbons (Fsp3) is 0.429. The largest absolute Gasteiger partial charge is 0.352 e. The minimum Gasteiger partial charge on any atom is -0.352 e. The minimum absolute atomic E-state index is 0.0803. The first kappa shape index (κ1) is 14.2. The van der Waals surface area contributed by atoms with E-state index in [4.69, 9.17) is 0 Å². The van der Waals surface area contributed by atoms with Crippen molar-refractivity contribution < 1.29 is 4.79 Å². The summed E-state index contributed by atoms with van der Waals surface area (Å²) in [5.74, 6) is 0.807. The third-order valence-corrected chi connectivity index (χ3v) is 3.16. The van der Waals surface area contributed by atoms with E-state index in [1.807, 2.05) is 37.3 Å². The fourth-order valence-electron chi connectivity index (χ4n) is 1.61. The van der Waals surface area contributed by atoms with Gasteiger partial charge in [0.15, 0.2) is 0 Å². The van der Waals surface area contributed by atoms with Gasteiger partial charge in [-0.05, 0) is 18.1 Å². The van der Waals surface area contributed by atoms with E-state index in [0.717, 1.165) is 5.56 Å². The third kappa shape index (κ3) is 3.63. The van der Waals surface area contributed by atoms with Crippen molar-refractivity contribution in [1.82, 2.24) is 25.5 Å². The van der Waals surface area contributed by atoms with Crippen molar-refractivity contribution in [1.29, 1.82) is 0 Å². The van der Waals surface area contributed by atoms with E-state index in [2.05, 4.69) is 34.6 Å². The number of benzene rings is 1. The maximum atomic E-state index is 11.8. The maximum absolute atomic E-state index is 11.8. The Labute approximate surface area is 118 Å². The van der Waals surface area contributed by atoms with Crippen molar-refractivity contribution in [2.75, 3.05) is 0 Å². The molecule has 0 aliphatic carbocycles. The highest BCUT2D eigenvalue weighted by Gasteiger charge is 2.13. The molecule has 1 atom stereocenters. The first-order chi connectivity index (χ1) is 9.56. The lowest BCUT2D eigenvalue weighted by atomic mass is 10.1. The smallest absolute Gasteiger partial charge is 0.243 e. The molecular weight excluding hydrogens is 254 g/mol. The van der Waals surface area contributed by atoms with Gasteiger partial charge in [0.05, 0.1) is 0 Å². The predicted octanol–water partition coefficient (Wildman–Crippen LogP) is 1.50. The summed E-state index contributed by atoms with van der Waals surface area (Å²) >= 11 is 0. The number of carbonyl (C=O) groups excluding carboxylic acids is 1. The van der Waals surface area contributed by atoms with Gasteiger partial charge in [0.2, 0.25) is 11.7 Å². The number of tetrazole rings is 1. The lowest BCUT2D eigenvalue weighted by Crippen LogP contribution is -2.38. The van der Waals surface area contributed by atoms with Crippen LogP contribution in [0.15, 0.2) is 30.3 Å². The molecule has 0 spiro atoms. The molecule has 1 aromatic carbocycles. The quantitative estimate of drug-likeness (QED) is 0.896. The van der Waals surface area contributed by atoms with Gasteiger partial charge in [-0.15, -0.1) is 10.2 Å². The standard InChI is InChI=1S/C14H19N5O/c1-10(2)11(3)15-13(20)9-19-17-14(16-18-19)12-7-5-4-6-8-12/h4-8,10-11H,9H2,1-3H3,(H,15,20)/t11-/m1/s1. The van der Waals surface area contributed by atoms with Crippen molar-refractivity contribution in [2.45, 2.75) is 33.4 Å². The highest BCUT2D eigenvalue weighted by atomic mass is 16.2. The van der Waals surface area contributed by atoms with Crippen molar-refractivity contribution in [2.24, 2.45) is 5.92 Å². The SMILES string of the molecule is CC(C)[C@@H](C)NC(=O)Cn1nnc(-c2ccccc2)n1. The lowest BCUT2D eigenvalue weighted by Gasteiger charge is -2.16. The molecular formula is C14H19N5O. The summed E-state index contributed by atoms with van der Waals surface area (Å²) in [6, 6.07) is 9.68. The molecule has 2 rings (SSSR count). The van der Waals surface area contributed by atoms with Gasteiger partial charge in [-0.1, -0.05) is 44.2 Å². The second kappa shape index (κ2) is 6.27. The van der Waals surface area contributed by atoms with E-state index in [1.54, 1.807) is 0 Å². The van der Waals surface area contributed by atoms with Crippen molar-refractivity contribution in [3.05, 3.63) is 30.3 Å². The number of carbonyl (C=O) groups is 1. The molecule has 1 heterocycles. The summed E-state index contributed by atoms with van der Waals surface area (Å²) in [4.78, 5) is 13.1. The first-order valence-corrected chi connectivity index (χ1v) is 6.69. The van der Waals surface area contributed by atoms with Crippen LogP contribution in [-0.2, 0) is 11.3 Å². The molecule has 6 heteroatoms. The van der Waals surface area contributed by atoms with Crippen LogP contribution in [-0.4, -0.2) is 32.2 Å². The second-order valence-electron chi connectivity index (χ2n) is 5.11. The average Bonchev–Trinajstić information content (AvgIpc) is 2.88. The van der Waals surface area contributed by atoms with Crippen LogP contribution in [0.1, 0.15) is 20.8 Å². The number of nitrogens with one attached hydrogen (secondary N) is 1. The van der Waals surface area contributed by atoms with Gasteiger partial charge in [0.1, 0.15) is 6.54 Å². The van der Waals surface area contributed by atoms with Crippen molar-refractivity contribution in [3.63, 3.8) is 0 Å². The fourth-order valence-corrected chi connectivity index (χ4v) is 1.61. The van der Waals surface area contributed by atoms with E-state index in [9.17, 15) is 4.79 Å². The predicted molar refractivity (Wildman–Crippen MR) is 75.7 cm³/mol. The van der Waals surface area contributed by atoms with Gasteiger partial charge in [-0.25, -0.2) is 0 Å². The minimum atomic E-state index is -0.108. The molecule has 0 bridgehead atoms. The number of hydrogen-bond acceptors (Lipinski definition) is 4. The van der Waals surface area contributed by atoms with Crippen molar-refractivity contribution >= 4 is 5.91 Å². The van der Waals surface area contributed by atoms with Crippen LogP contribution >= 0.6 is 0 Å². The van der Waals surface area contributed by atoms with Crippen LogP contribution in [0.2, 0.25) is 0 Å². The van der Waals surface area contributed by atoms with Gasteiger partial charge in [0, 0.05) is 11.6 Å². The van der Waals surface area contributed by atoms with Crippen molar-refractivity contribution in [3.8, 4) is 11.4 Å². The molecule has 106 valence electrons. The summed E-state index contributed by atoms with van der Waals surface area (Å²) < 4.78 is 0. The van der Waals surface area contributed by atoms with Gasteiger partial charge in [-0.3, -0.25) is 4.79 Å². The summed E-state index contributed by atoms with van der Waals surface area (Å²) in [7, 11) is 0. The van der Waals surface area contributed by atoms with Crippen LogP contribution in [0, 0.1) is 5.92 Å². The first-order valence-electron chi connectivity index (χ1n) is 6.69. The molecule has 0 saturated heterocycles. The molecule has 20 heavy (non-hydrogen) atoms. The van der Waals surface area contributed by atoms with Gasteiger partial charge in [0.25, 0.3) is 0 Å². The Kier molecular flexibility index (Phi) is 4.45. The van der Waals surface area contributed by atoms with E-state index in [1.165, 1.54) is 4.80 Å². The van der Waals surface area contributed by atoms with Crippen LogP contribution in [0.5, 0.6) is 0 Å². The molecule has 6 nitrogen and oxygen atoms in total. The summed E-state index contributed by atoms with van der Waals surface area (Å²) in [6.45, 7) is 6.18. The maximum Gasteiger partial charge on any atom is 0.243 e. The number of amides is 1. The lowest BCUT2D eigenvalue weighted by molar-refractivity contribution is -0.123. The number of nitrogens with zero attached hydrogens (tertiary/aromatic N) is 4. The molecule has 1 aromatic heterocycles. The number of aromatic nitrogens is 4. The van der Waals surface area contributed by atoms with Crippen LogP contribution in [0.25, 0.3) is 11.4 Å². The highest BCUT2D eigenvalue weighted by Crippen LogP contribution is 2.11. The Morgan fingerprint density at radius 2 is 1.95 bits per heavy atom. The average molecular weight is 273 g/mol. The molecule has 1 N–H and O–H groups in total. The molecule has 0 unspecified atom stereocenters. The zero-order chi connectivity index (χ0) is 14.5. The Morgan fingerprint density at radius 3 is 2.60 bits per heavy atom. The molecule has 0 radical (unpaired) electrons. The van der Waals surface area contributed by atoms with E-state index in [0.29, 0.717) is 11.7 Å². The summed E-state index contributed by atoms with van der Waals surface area (Å²) in [5.41, 5.74) is 0.884. The van der Waals surface area contributed by atoms with Crippen LogP contribution in [0.4, 0.5) is 0 Å². The Hall–Kier alpha value is -2.24.